The van der Waals surface area contributed by atoms with Crippen LogP contribution in [0.4, 0.5) is 0 Å². The van der Waals surface area contributed by atoms with Gasteiger partial charge in [0, 0.05) is 30.8 Å². The number of hydrogen-bond donors (Lipinski definition) is 1. The molecule has 2 saturated carbocycles. The van der Waals surface area contributed by atoms with Crippen molar-refractivity contribution in [1.29, 1.82) is 0 Å². The van der Waals surface area contributed by atoms with Gasteiger partial charge in [0.1, 0.15) is 5.75 Å². The molecule has 4 nitrogen and oxygen atoms in total. The second kappa shape index (κ2) is 5.23. The van der Waals surface area contributed by atoms with Crippen LogP contribution in [0.1, 0.15) is 56.1 Å². The standard InChI is InChI=1S/C21H27NO3/c1-20(24)9-17(10-20)19(23)22-12-21(13-22)6-4-16(11-21)15-3-2-14-5-7-25-18(14)8-15/h2-3,8,16-17,24H,4-7,9-13H2,1H3/t16?,17-,20+. The maximum Gasteiger partial charge on any atom is 0.225 e. The quantitative estimate of drug-likeness (QED) is 0.900. The molecule has 134 valence electrons. The first-order chi connectivity index (χ1) is 11.9. The lowest BCUT2D eigenvalue weighted by atomic mass is 9.69. The fourth-order valence-corrected chi connectivity index (χ4v) is 5.57. The van der Waals surface area contributed by atoms with Crippen LogP contribution >= 0.6 is 0 Å². The van der Waals surface area contributed by atoms with Gasteiger partial charge in [-0.1, -0.05) is 12.1 Å². The summed E-state index contributed by atoms with van der Waals surface area (Å²) in [6.45, 7) is 4.49. The Morgan fingerprint density at radius 3 is 2.84 bits per heavy atom. The molecule has 4 aliphatic rings. The lowest BCUT2D eigenvalue weighted by Crippen LogP contribution is -2.61. The van der Waals surface area contributed by atoms with E-state index in [-0.39, 0.29) is 11.8 Å². The molecule has 1 unspecified atom stereocenters. The van der Waals surface area contributed by atoms with Crippen LogP contribution in [0.25, 0.3) is 0 Å². The maximum absolute atomic E-state index is 12.5. The highest BCUT2D eigenvalue weighted by Gasteiger charge is 2.53. The molecule has 1 aromatic carbocycles. The summed E-state index contributed by atoms with van der Waals surface area (Å²) in [5, 5.41) is 9.86. The van der Waals surface area contributed by atoms with Gasteiger partial charge >= 0.3 is 0 Å². The van der Waals surface area contributed by atoms with Crippen LogP contribution in [-0.2, 0) is 11.2 Å². The van der Waals surface area contributed by atoms with E-state index in [9.17, 15) is 9.90 Å². The number of carbonyl (C=O) groups excluding carboxylic acids is 1. The van der Waals surface area contributed by atoms with Gasteiger partial charge in [-0.2, -0.15) is 0 Å². The van der Waals surface area contributed by atoms with Gasteiger partial charge in [-0.3, -0.25) is 4.79 Å². The molecule has 1 spiro atoms. The van der Waals surface area contributed by atoms with Gasteiger partial charge in [-0.15, -0.1) is 0 Å². The zero-order valence-electron chi connectivity index (χ0n) is 15.0. The van der Waals surface area contributed by atoms with Crippen molar-refractivity contribution in [2.45, 2.75) is 57.0 Å². The Labute approximate surface area is 149 Å². The van der Waals surface area contributed by atoms with E-state index in [2.05, 4.69) is 18.2 Å². The Morgan fingerprint density at radius 2 is 2.08 bits per heavy atom. The van der Waals surface area contributed by atoms with Gasteiger partial charge in [-0.25, -0.2) is 0 Å². The van der Waals surface area contributed by atoms with Crippen molar-refractivity contribution < 1.29 is 14.6 Å². The van der Waals surface area contributed by atoms with E-state index >= 15 is 0 Å². The number of fused-ring (bicyclic) bond motifs is 1. The van der Waals surface area contributed by atoms with E-state index in [4.69, 9.17) is 4.74 Å². The molecule has 1 aromatic rings. The highest BCUT2D eigenvalue weighted by molar-refractivity contribution is 5.81. The molecule has 25 heavy (non-hydrogen) atoms. The number of nitrogens with zero attached hydrogens (tertiary/aromatic N) is 1. The van der Waals surface area contributed by atoms with E-state index in [1.165, 1.54) is 30.4 Å². The molecule has 5 rings (SSSR count). The van der Waals surface area contributed by atoms with Crippen molar-refractivity contribution in [3.05, 3.63) is 29.3 Å². The number of rotatable bonds is 2. The Morgan fingerprint density at radius 1 is 1.28 bits per heavy atom. The average Bonchev–Trinajstić information content (AvgIpc) is 3.16. The molecule has 0 bridgehead atoms. The average molecular weight is 341 g/mol. The third-order valence-corrected chi connectivity index (χ3v) is 6.98. The minimum atomic E-state index is -0.614. The fraction of sp³-hybridized carbons (Fsp3) is 0.667. The number of ether oxygens (including phenoxy) is 1. The smallest absolute Gasteiger partial charge is 0.225 e. The van der Waals surface area contributed by atoms with Crippen molar-refractivity contribution in [1.82, 2.24) is 4.90 Å². The summed E-state index contributed by atoms with van der Waals surface area (Å²) in [6.07, 6.45) is 5.94. The SMILES string of the molecule is C[C@]1(O)C[C@@H](C(=O)N2CC3(CCC(c4ccc5c(c4)OCC5)C3)C2)C1. The first-order valence-corrected chi connectivity index (χ1v) is 9.70. The minimum absolute atomic E-state index is 0.0541. The lowest BCUT2D eigenvalue weighted by Gasteiger charge is -2.52. The molecule has 1 saturated heterocycles. The highest BCUT2D eigenvalue weighted by Crippen LogP contribution is 2.53. The predicted octanol–water partition coefficient (Wildman–Crippen LogP) is 2.88. The van der Waals surface area contributed by atoms with Crippen LogP contribution in [0, 0.1) is 11.3 Å². The zero-order valence-corrected chi connectivity index (χ0v) is 15.0. The van der Waals surface area contributed by atoms with Crippen LogP contribution in [0.5, 0.6) is 5.75 Å². The van der Waals surface area contributed by atoms with Gasteiger partial charge < -0.3 is 14.7 Å². The van der Waals surface area contributed by atoms with E-state index in [0.29, 0.717) is 24.2 Å². The molecule has 2 aliphatic carbocycles. The normalized spacial score (nSPS) is 35.0. The molecule has 1 N–H and O–H groups in total. The van der Waals surface area contributed by atoms with E-state index < -0.39 is 5.60 Å². The molecule has 2 aliphatic heterocycles. The topological polar surface area (TPSA) is 49.8 Å². The Hall–Kier alpha value is -1.55. The number of amides is 1. The molecule has 3 fully saturated rings. The van der Waals surface area contributed by atoms with Gasteiger partial charge in [0.05, 0.1) is 12.2 Å². The van der Waals surface area contributed by atoms with Crippen molar-refractivity contribution in [2.75, 3.05) is 19.7 Å². The first-order valence-electron chi connectivity index (χ1n) is 9.70. The van der Waals surface area contributed by atoms with Crippen molar-refractivity contribution in [3.8, 4) is 5.75 Å². The predicted molar refractivity (Wildman–Crippen MR) is 94.6 cm³/mol. The molecule has 0 aromatic heterocycles. The summed E-state index contributed by atoms with van der Waals surface area (Å²) in [7, 11) is 0. The number of carbonyl (C=O) groups is 1. The van der Waals surface area contributed by atoms with Crippen molar-refractivity contribution in [3.63, 3.8) is 0 Å². The monoisotopic (exact) mass is 341 g/mol. The summed E-state index contributed by atoms with van der Waals surface area (Å²) in [4.78, 5) is 14.5. The molecule has 1 amide bonds. The van der Waals surface area contributed by atoms with E-state index in [1.807, 2.05) is 11.8 Å². The summed E-state index contributed by atoms with van der Waals surface area (Å²) >= 11 is 0. The number of aliphatic hydroxyl groups is 1. The fourth-order valence-electron chi connectivity index (χ4n) is 5.57. The summed E-state index contributed by atoms with van der Waals surface area (Å²) < 4.78 is 5.73. The van der Waals surface area contributed by atoms with Gasteiger partial charge in [0.2, 0.25) is 5.91 Å². The molecular weight excluding hydrogens is 314 g/mol. The largest absolute Gasteiger partial charge is 0.493 e. The van der Waals surface area contributed by atoms with Gasteiger partial charge in [0.15, 0.2) is 0 Å². The van der Waals surface area contributed by atoms with Crippen LogP contribution < -0.4 is 4.74 Å². The third kappa shape index (κ3) is 2.57. The Kier molecular flexibility index (Phi) is 3.28. The summed E-state index contributed by atoms with van der Waals surface area (Å²) in [6, 6.07) is 6.78. The third-order valence-electron chi connectivity index (χ3n) is 6.98. The number of hydrogen-bond acceptors (Lipinski definition) is 3. The van der Waals surface area contributed by atoms with Crippen molar-refractivity contribution in [2.24, 2.45) is 11.3 Å². The first kappa shape index (κ1) is 15.7. The summed E-state index contributed by atoms with van der Waals surface area (Å²) in [5.74, 6) is 2.02. The highest BCUT2D eigenvalue weighted by atomic mass is 16.5. The number of likely N-dealkylation sites (tertiary alicyclic amines) is 1. The Balaban J connectivity index is 1.20. The number of benzene rings is 1. The molecule has 2 heterocycles. The maximum atomic E-state index is 12.5. The Bertz CT molecular complexity index is 712. The molecule has 0 radical (unpaired) electrons. The second-order valence-corrected chi connectivity index (χ2v) is 9.20. The van der Waals surface area contributed by atoms with E-state index in [0.717, 1.165) is 31.9 Å². The van der Waals surface area contributed by atoms with Crippen LogP contribution in [0.3, 0.4) is 0 Å². The minimum Gasteiger partial charge on any atom is -0.493 e. The summed E-state index contributed by atoms with van der Waals surface area (Å²) in [5.41, 5.74) is 2.48. The van der Waals surface area contributed by atoms with E-state index in [1.54, 1.807) is 0 Å². The molecule has 1 atom stereocenters. The van der Waals surface area contributed by atoms with Gasteiger partial charge in [-0.05, 0) is 62.1 Å². The van der Waals surface area contributed by atoms with Gasteiger partial charge in [0.25, 0.3) is 0 Å². The van der Waals surface area contributed by atoms with Crippen LogP contribution in [-0.4, -0.2) is 41.2 Å². The van der Waals surface area contributed by atoms with Crippen molar-refractivity contribution >= 4 is 5.91 Å². The van der Waals surface area contributed by atoms with Crippen LogP contribution in [0.2, 0.25) is 0 Å². The lowest BCUT2D eigenvalue weighted by molar-refractivity contribution is -0.161. The zero-order chi connectivity index (χ0) is 17.2. The second-order valence-electron chi connectivity index (χ2n) is 9.20. The molecule has 4 heteroatoms. The molecular formula is C21H27NO3. The van der Waals surface area contributed by atoms with Crippen LogP contribution in [0.15, 0.2) is 18.2 Å².